The van der Waals surface area contributed by atoms with Crippen molar-refractivity contribution in [2.24, 2.45) is 27.8 Å². The summed E-state index contributed by atoms with van der Waals surface area (Å²) in [5, 5.41) is 17.0. The molecule has 1 aromatic heterocycles. The van der Waals surface area contributed by atoms with Crippen molar-refractivity contribution in [1.29, 1.82) is 0 Å². The lowest BCUT2D eigenvalue weighted by molar-refractivity contribution is -0.176. The molecule has 38 heavy (non-hydrogen) atoms. The fourth-order valence-electron chi connectivity index (χ4n) is 9.38. The molecule has 3 saturated carbocycles. The summed E-state index contributed by atoms with van der Waals surface area (Å²) in [4.78, 5) is 19.9. The monoisotopic (exact) mass is 522 g/mol. The molecule has 0 spiro atoms. The number of fused-ring (bicyclic) bond motifs is 5. The number of hydrogen-bond donors (Lipinski definition) is 1. The van der Waals surface area contributed by atoms with Crippen LogP contribution in [0.15, 0.2) is 44.4 Å². The Morgan fingerprint density at radius 2 is 1.89 bits per heavy atom. The zero-order valence-corrected chi connectivity index (χ0v) is 23.4. The van der Waals surface area contributed by atoms with Crippen LogP contribution in [0.4, 0.5) is 0 Å². The van der Waals surface area contributed by atoms with E-state index in [1.54, 1.807) is 6.26 Å². The van der Waals surface area contributed by atoms with Crippen LogP contribution in [-0.2, 0) is 4.84 Å². The highest BCUT2D eigenvalue weighted by Crippen LogP contribution is 2.69. The van der Waals surface area contributed by atoms with Crippen LogP contribution >= 0.6 is 0 Å². The fraction of sp³-hybridized carbons (Fsp3) is 0.750. The van der Waals surface area contributed by atoms with Crippen LogP contribution in [0, 0.1) is 22.7 Å². The van der Waals surface area contributed by atoms with Crippen molar-refractivity contribution in [3.05, 3.63) is 46.0 Å². The standard InChI is InChI=1S/C32H46N2O4/c1-30-14-11-25(33-38-20-6-19-34-17-4-3-5-18-34)21-24(30)8-9-28-27(30)12-15-31(2)26(13-16-32(28,31)36)23-7-10-29(35)37-22-23/h7,10,21-22,26-28,36H,3-6,8-9,11-20H2,1-2H3/b33-25+. The molecule has 6 nitrogen and oxygen atoms in total. The highest BCUT2D eigenvalue weighted by molar-refractivity contribution is 5.96. The van der Waals surface area contributed by atoms with Crippen molar-refractivity contribution < 1.29 is 14.4 Å². The molecule has 0 aromatic carbocycles. The number of allylic oxidation sites excluding steroid dienone is 2. The Balaban J connectivity index is 1.12. The molecule has 1 saturated heterocycles. The number of rotatable bonds is 6. The second kappa shape index (κ2) is 10.2. The van der Waals surface area contributed by atoms with E-state index in [9.17, 15) is 9.90 Å². The number of piperidine rings is 1. The SMILES string of the molecule is CC12CC/C(=N\OCCCN3CCCCC3)C=C1CCC1C2CCC2(C)C(c3ccc(=O)oc3)CCC12O. The number of oxime groups is 1. The zero-order chi connectivity index (χ0) is 26.4. The van der Waals surface area contributed by atoms with Gasteiger partial charge in [-0.25, -0.2) is 4.79 Å². The van der Waals surface area contributed by atoms with Gasteiger partial charge >= 0.3 is 5.63 Å². The van der Waals surface area contributed by atoms with Gasteiger partial charge < -0.3 is 19.3 Å². The third-order valence-corrected chi connectivity index (χ3v) is 11.6. The van der Waals surface area contributed by atoms with Crippen LogP contribution in [0.1, 0.15) is 102 Å². The van der Waals surface area contributed by atoms with Gasteiger partial charge in [-0.05, 0) is 125 Å². The van der Waals surface area contributed by atoms with Crippen molar-refractivity contribution in [3.8, 4) is 0 Å². The molecular weight excluding hydrogens is 476 g/mol. The van der Waals surface area contributed by atoms with E-state index in [0.29, 0.717) is 18.4 Å². The Labute approximate surface area is 227 Å². The molecule has 6 atom stereocenters. The van der Waals surface area contributed by atoms with Gasteiger partial charge in [0.05, 0.1) is 17.6 Å². The number of nitrogens with zero attached hydrogens (tertiary/aromatic N) is 2. The molecule has 208 valence electrons. The quantitative estimate of drug-likeness (QED) is 0.364. The molecule has 6 unspecified atom stereocenters. The van der Waals surface area contributed by atoms with Gasteiger partial charge in [-0.15, -0.1) is 0 Å². The summed E-state index contributed by atoms with van der Waals surface area (Å²) in [6.07, 6.45) is 17.1. The fourth-order valence-corrected chi connectivity index (χ4v) is 9.38. The molecule has 0 bridgehead atoms. The second-order valence-electron chi connectivity index (χ2n) is 13.4. The minimum atomic E-state index is -0.670. The normalized spacial score (nSPS) is 40.2. The molecule has 4 fully saturated rings. The van der Waals surface area contributed by atoms with Gasteiger partial charge in [0.15, 0.2) is 0 Å². The predicted octanol–water partition coefficient (Wildman–Crippen LogP) is 6.05. The lowest BCUT2D eigenvalue weighted by Gasteiger charge is -2.61. The highest BCUT2D eigenvalue weighted by Gasteiger charge is 2.66. The van der Waals surface area contributed by atoms with Crippen LogP contribution in [-0.4, -0.2) is 47.6 Å². The average Bonchev–Trinajstić information content (AvgIpc) is 3.21. The molecule has 6 heteroatoms. The minimum absolute atomic E-state index is 0.130. The summed E-state index contributed by atoms with van der Waals surface area (Å²) in [5.74, 6) is 1.05. The van der Waals surface area contributed by atoms with E-state index in [1.807, 2.05) is 6.07 Å². The Morgan fingerprint density at radius 1 is 1.05 bits per heavy atom. The Kier molecular flexibility index (Phi) is 7.09. The molecular formula is C32H46N2O4. The molecule has 0 radical (unpaired) electrons. The number of hydrogen-bond acceptors (Lipinski definition) is 6. The van der Waals surface area contributed by atoms with Gasteiger partial charge in [0, 0.05) is 18.0 Å². The van der Waals surface area contributed by atoms with E-state index >= 15 is 0 Å². The summed E-state index contributed by atoms with van der Waals surface area (Å²) in [6, 6.07) is 3.44. The van der Waals surface area contributed by atoms with Gasteiger partial charge in [0.2, 0.25) is 0 Å². The van der Waals surface area contributed by atoms with E-state index in [1.165, 1.54) is 44.0 Å². The van der Waals surface area contributed by atoms with Crippen LogP contribution in [0.2, 0.25) is 0 Å². The van der Waals surface area contributed by atoms with Crippen LogP contribution in [0.25, 0.3) is 0 Å². The van der Waals surface area contributed by atoms with E-state index in [4.69, 9.17) is 9.25 Å². The Morgan fingerprint density at radius 3 is 2.68 bits per heavy atom. The van der Waals surface area contributed by atoms with Crippen molar-refractivity contribution in [2.75, 3.05) is 26.2 Å². The lowest BCUT2D eigenvalue weighted by atomic mass is 9.45. The third-order valence-electron chi connectivity index (χ3n) is 11.6. The van der Waals surface area contributed by atoms with Crippen LogP contribution in [0.3, 0.4) is 0 Å². The van der Waals surface area contributed by atoms with Gasteiger partial charge in [-0.2, -0.15) is 0 Å². The molecule has 5 aliphatic rings. The summed E-state index contributed by atoms with van der Waals surface area (Å²) < 4.78 is 5.23. The first-order chi connectivity index (χ1) is 18.3. The topological polar surface area (TPSA) is 75.3 Å². The highest BCUT2D eigenvalue weighted by atomic mass is 16.6. The first-order valence-corrected chi connectivity index (χ1v) is 15.3. The third kappa shape index (κ3) is 4.40. The van der Waals surface area contributed by atoms with E-state index < -0.39 is 5.60 Å². The van der Waals surface area contributed by atoms with Crippen LogP contribution < -0.4 is 5.63 Å². The van der Waals surface area contributed by atoms with Crippen molar-refractivity contribution in [1.82, 2.24) is 4.90 Å². The van der Waals surface area contributed by atoms with Gasteiger partial charge in [-0.3, -0.25) is 0 Å². The molecule has 1 aromatic rings. The first-order valence-electron chi connectivity index (χ1n) is 15.3. The van der Waals surface area contributed by atoms with E-state index in [0.717, 1.165) is 75.6 Å². The summed E-state index contributed by atoms with van der Waals surface area (Å²) in [6.45, 7) is 9.04. The van der Waals surface area contributed by atoms with E-state index in [-0.39, 0.29) is 22.4 Å². The van der Waals surface area contributed by atoms with Gasteiger partial charge in [-0.1, -0.05) is 31.0 Å². The maximum absolute atomic E-state index is 12.4. The van der Waals surface area contributed by atoms with Gasteiger partial charge in [0.1, 0.15) is 6.61 Å². The molecule has 6 rings (SSSR count). The van der Waals surface area contributed by atoms with Crippen molar-refractivity contribution >= 4 is 5.71 Å². The summed E-state index contributed by atoms with van der Waals surface area (Å²) in [7, 11) is 0. The molecule has 1 aliphatic heterocycles. The average molecular weight is 523 g/mol. The second-order valence-corrected chi connectivity index (χ2v) is 13.4. The zero-order valence-electron chi connectivity index (χ0n) is 23.4. The maximum Gasteiger partial charge on any atom is 0.335 e. The minimum Gasteiger partial charge on any atom is -0.431 e. The number of aliphatic hydroxyl groups is 1. The molecule has 0 amide bonds. The molecule has 2 heterocycles. The van der Waals surface area contributed by atoms with Crippen molar-refractivity contribution in [2.45, 2.75) is 102 Å². The van der Waals surface area contributed by atoms with Crippen molar-refractivity contribution in [3.63, 3.8) is 0 Å². The summed E-state index contributed by atoms with van der Waals surface area (Å²) in [5.41, 5.74) is 2.65. The molecule has 1 N–H and O–H groups in total. The predicted molar refractivity (Wildman–Crippen MR) is 149 cm³/mol. The lowest BCUT2D eigenvalue weighted by Crippen LogP contribution is -2.60. The Bertz CT molecular complexity index is 1120. The smallest absolute Gasteiger partial charge is 0.335 e. The maximum atomic E-state index is 12.4. The Hall–Kier alpha value is -1.92. The summed E-state index contributed by atoms with van der Waals surface area (Å²) >= 11 is 0. The first kappa shape index (κ1) is 26.3. The molecule has 4 aliphatic carbocycles. The van der Waals surface area contributed by atoms with Crippen LogP contribution in [0.5, 0.6) is 0 Å². The van der Waals surface area contributed by atoms with Gasteiger partial charge in [0.25, 0.3) is 0 Å². The van der Waals surface area contributed by atoms with E-state index in [2.05, 4.69) is 30.0 Å². The number of likely N-dealkylation sites (tertiary alicyclic amines) is 1. The largest absolute Gasteiger partial charge is 0.431 e.